The molecular formula is C8H6F4OS. The van der Waals surface area contributed by atoms with Crippen molar-refractivity contribution in [3.8, 4) is 5.75 Å². The number of thioether (sulfide) groups is 1. The van der Waals surface area contributed by atoms with Crippen molar-refractivity contribution in [1.82, 2.24) is 0 Å². The average molecular weight is 226 g/mol. The smallest absolute Gasteiger partial charge is 0.446 e. The van der Waals surface area contributed by atoms with Gasteiger partial charge >= 0.3 is 5.51 Å². The van der Waals surface area contributed by atoms with E-state index < -0.39 is 11.3 Å². The highest BCUT2D eigenvalue weighted by atomic mass is 32.2. The van der Waals surface area contributed by atoms with Crippen LogP contribution in [0.15, 0.2) is 23.1 Å². The SMILES string of the molecule is COc1ccc(SC(F)(F)F)cc1F. The fourth-order valence-corrected chi connectivity index (χ4v) is 1.41. The summed E-state index contributed by atoms with van der Waals surface area (Å²) >= 11 is -0.361. The Morgan fingerprint density at radius 2 is 1.93 bits per heavy atom. The Labute approximate surface area is 82.1 Å². The van der Waals surface area contributed by atoms with Crippen LogP contribution < -0.4 is 4.74 Å². The van der Waals surface area contributed by atoms with Gasteiger partial charge < -0.3 is 4.74 Å². The number of hydrogen-bond acceptors (Lipinski definition) is 2. The zero-order chi connectivity index (χ0) is 10.8. The predicted molar refractivity (Wildman–Crippen MR) is 44.9 cm³/mol. The molecule has 1 nitrogen and oxygen atoms in total. The Kier molecular flexibility index (Phi) is 3.25. The van der Waals surface area contributed by atoms with Gasteiger partial charge in [-0.05, 0) is 30.0 Å². The Balaban J connectivity index is 2.87. The van der Waals surface area contributed by atoms with Gasteiger partial charge in [0.2, 0.25) is 0 Å². The van der Waals surface area contributed by atoms with Crippen LogP contribution in [0.25, 0.3) is 0 Å². The molecule has 0 atom stereocenters. The van der Waals surface area contributed by atoms with E-state index in [4.69, 9.17) is 0 Å². The Bertz CT molecular complexity index is 324. The Morgan fingerprint density at radius 1 is 1.29 bits per heavy atom. The number of methoxy groups -OCH3 is 1. The molecule has 0 heterocycles. The lowest BCUT2D eigenvalue weighted by Gasteiger charge is -2.06. The maximum atomic E-state index is 12.9. The fraction of sp³-hybridized carbons (Fsp3) is 0.250. The zero-order valence-corrected chi connectivity index (χ0v) is 7.88. The third kappa shape index (κ3) is 3.10. The quantitative estimate of drug-likeness (QED) is 0.564. The first kappa shape index (κ1) is 11.2. The Morgan fingerprint density at radius 3 is 2.36 bits per heavy atom. The van der Waals surface area contributed by atoms with E-state index in [2.05, 4.69) is 4.74 Å². The molecule has 0 N–H and O–H groups in total. The number of rotatable bonds is 2. The van der Waals surface area contributed by atoms with Gasteiger partial charge in [-0.1, -0.05) is 0 Å². The van der Waals surface area contributed by atoms with Crippen LogP contribution in [-0.2, 0) is 0 Å². The molecule has 0 radical (unpaired) electrons. The highest BCUT2D eigenvalue weighted by molar-refractivity contribution is 8.00. The van der Waals surface area contributed by atoms with E-state index in [0.717, 1.165) is 18.2 Å². The monoisotopic (exact) mass is 226 g/mol. The third-order valence-corrected chi connectivity index (χ3v) is 2.08. The summed E-state index contributed by atoms with van der Waals surface area (Å²) in [5.74, 6) is -0.877. The van der Waals surface area contributed by atoms with Crippen molar-refractivity contribution in [2.75, 3.05) is 7.11 Å². The van der Waals surface area contributed by atoms with Gasteiger partial charge in [-0.25, -0.2) is 4.39 Å². The topological polar surface area (TPSA) is 9.23 Å². The minimum atomic E-state index is -4.40. The third-order valence-electron chi connectivity index (χ3n) is 1.36. The van der Waals surface area contributed by atoms with Crippen LogP contribution in [0.3, 0.4) is 0 Å². The van der Waals surface area contributed by atoms with Crippen molar-refractivity contribution in [2.45, 2.75) is 10.4 Å². The molecule has 6 heteroatoms. The molecule has 0 fully saturated rings. The van der Waals surface area contributed by atoms with Crippen LogP contribution in [0.5, 0.6) is 5.75 Å². The van der Waals surface area contributed by atoms with Gasteiger partial charge in [0.05, 0.1) is 7.11 Å². The number of alkyl halides is 3. The van der Waals surface area contributed by atoms with Crippen LogP contribution in [0.4, 0.5) is 17.6 Å². The second kappa shape index (κ2) is 4.08. The summed E-state index contributed by atoms with van der Waals surface area (Å²) in [4.78, 5) is -0.198. The van der Waals surface area contributed by atoms with Gasteiger partial charge in [-0.3, -0.25) is 0 Å². The first-order chi connectivity index (χ1) is 6.42. The average Bonchev–Trinajstić information content (AvgIpc) is 2.01. The molecule has 0 aliphatic heterocycles. The van der Waals surface area contributed by atoms with Gasteiger partial charge in [0.15, 0.2) is 11.6 Å². The summed E-state index contributed by atoms with van der Waals surface area (Å²) in [6, 6.07) is 3.10. The molecule has 0 saturated heterocycles. The van der Waals surface area contributed by atoms with E-state index in [9.17, 15) is 17.6 Å². The molecule has 0 saturated carbocycles. The highest BCUT2D eigenvalue weighted by Crippen LogP contribution is 2.37. The summed E-state index contributed by atoms with van der Waals surface area (Å²) in [6.45, 7) is 0. The fourth-order valence-electron chi connectivity index (χ4n) is 0.844. The van der Waals surface area contributed by atoms with E-state index in [-0.39, 0.29) is 22.4 Å². The van der Waals surface area contributed by atoms with Gasteiger partial charge in [0, 0.05) is 4.90 Å². The lowest BCUT2D eigenvalue weighted by atomic mass is 10.3. The molecule has 0 unspecified atom stereocenters. The van der Waals surface area contributed by atoms with Crippen molar-refractivity contribution in [1.29, 1.82) is 0 Å². The molecule has 0 aliphatic rings. The molecule has 14 heavy (non-hydrogen) atoms. The minimum Gasteiger partial charge on any atom is -0.494 e. The predicted octanol–water partition coefficient (Wildman–Crippen LogP) is 3.45. The van der Waals surface area contributed by atoms with Crippen molar-refractivity contribution >= 4 is 11.8 Å². The molecular weight excluding hydrogens is 220 g/mol. The molecule has 0 spiro atoms. The normalized spacial score (nSPS) is 11.5. The summed E-state index contributed by atoms with van der Waals surface area (Å²) in [5, 5.41) is 0. The van der Waals surface area contributed by atoms with Crippen molar-refractivity contribution < 1.29 is 22.3 Å². The van der Waals surface area contributed by atoms with E-state index in [1.807, 2.05) is 0 Å². The molecule has 0 bridgehead atoms. The molecule has 1 aromatic rings. The lowest BCUT2D eigenvalue weighted by molar-refractivity contribution is -0.0328. The van der Waals surface area contributed by atoms with E-state index >= 15 is 0 Å². The molecule has 0 amide bonds. The standard InChI is InChI=1S/C8H6F4OS/c1-13-7-3-2-5(4-6(7)9)14-8(10,11)12/h2-4H,1H3. The lowest BCUT2D eigenvalue weighted by Crippen LogP contribution is -1.99. The molecule has 0 aromatic heterocycles. The molecule has 1 aromatic carbocycles. The van der Waals surface area contributed by atoms with Gasteiger partial charge in [-0.2, -0.15) is 13.2 Å². The van der Waals surface area contributed by atoms with Crippen LogP contribution >= 0.6 is 11.8 Å². The number of halogens is 4. The summed E-state index contributed by atoms with van der Waals surface area (Å²) in [6.07, 6.45) is 0. The second-order valence-electron chi connectivity index (χ2n) is 2.34. The van der Waals surface area contributed by atoms with Crippen LogP contribution in [-0.4, -0.2) is 12.6 Å². The number of benzene rings is 1. The van der Waals surface area contributed by atoms with Crippen molar-refractivity contribution in [3.05, 3.63) is 24.0 Å². The molecule has 78 valence electrons. The van der Waals surface area contributed by atoms with E-state index in [1.54, 1.807) is 0 Å². The van der Waals surface area contributed by atoms with E-state index in [0.29, 0.717) is 0 Å². The first-order valence-corrected chi connectivity index (χ1v) is 4.33. The summed E-state index contributed by atoms with van der Waals surface area (Å²) in [7, 11) is 1.25. The van der Waals surface area contributed by atoms with Gasteiger partial charge in [-0.15, -0.1) is 0 Å². The maximum absolute atomic E-state index is 12.9. The Hall–Kier alpha value is -0.910. The van der Waals surface area contributed by atoms with Crippen LogP contribution in [0.1, 0.15) is 0 Å². The van der Waals surface area contributed by atoms with Crippen LogP contribution in [0, 0.1) is 5.82 Å². The highest BCUT2D eigenvalue weighted by Gasteiger charge is 2.29. The summed E-state index contributed by atoms with van der Waals surface area (Å²) < 4.78 is 53.1. The zero-order valence-electron chi connectivity index (χ0n) is 7.06. The van der Waals surface area contributed by atoms with Crippen molar-refractivity contribution in [3.63, 3.8) is 0 Å². The van der Waals surface area contributed by atoms with Crippen molar-refractivity contribution in [2.24, 2.45) is 0 Å². The van der Waals surface area contributed by atoms with E-state index in [1.165, 1.54) is 7.11 Å². The van der Waals surface area contributed by atoms with Gasteiger partial charge in [0.25, 0.3) is 0 Å². The van der Waals surface area contributed by atoms with Crippen LogP contribution in [0.2, 0.25) is 0 Å². The second-order valence-corrected chi connectivity index (χ2v) is 3.48. The molecule has 1 rings (SSSR count). The number of ether oxygens (including phenoxy) is 1. The maximum Gasteiger partial charge on any atom is 0.446 e. The largest absolute Gasteiger partial charge is 0.494 e. The number of hydrogen-bond donors (Lipinski definition) is 0. The minimum absolute atomic E-state index is 0.0727. The van der Waals surface area contributed by atoms with Gasteiger partial charge in [0.1, 0.15) is 0 Å². The summed E-state index contributed by atoms with van der Waals surface area (Å²) in [5.41, 5.74) is -4.40. The molecule has 0 aliphatic carbocycles. The first-order valence-electron chi connectivity index (χ1n) is 3.51.